The van der Waals surface area contributed by atoms with Gasteiger partial charge in [-0.1, -0.05) is 48.5 Å². The number of hydrogen-bond acceptors (Lipinski definition) is 4. The predicted octanol–water partition coefficient (Wildman–Crippen LogP) is 3.53. The molecule has 2 amide bonds. The van der Waals surface area contributed by atoms with Crippen molar-refractivity contribution < 1.29 is 19.1 Å². The van der Waals surface area contributed by atoms with Crippen molar-refractivity contribution in [3.63, 3.8) is 0 Å². The molecule has 0 saturated heterocycles. The zero-order valence-electron chi connectivity index (χ0n) is 15.7. The molecule has 0 saturated carbocycles. The van der Waals surface area contributed by atoms with Crippen LogP contribution in [0.2, 0.25) is 0 Å². The first-order valence-electron chi connectivity index (χ1n) is 9.28. The van der Waals surface area contributed by atoms with Gasteiger partial charge in [0.05, 0.1) is 17.7 Å². The lowest BCUT2D eigenvalue weighted by molar-refractivity contribution is -0.115. The summed E-state index contributed by atoms with van der Waals surface area (Å²) in [6, 6.07) is 22.0. The number of carbonyl (C=O) groups excluding carboxylic acids is 2. The minimum atomic E-state index is -0.265. The van der Waals surface area contributed by atoms with Gasteiger partial charge in [0.25, 0.3) is 5.91 Å². The van der Waals surface area contributed by atoms with Crippen molar-refractivity contribution >= 4 is 17.5 Å². The van der Waals surface area contributed by atoms with Crippen LogP contribution in [0.15, 0.2) is 72.8 Å². The van der Waals surface area contributed by atoms with E-state index in [2.05, 4.69) is 10.6 Å². The number of fused-ring (bicyclic) bond motifs is 1. The Morgan fingerprint density at radius 1 is 0.828 bits per heavy atom. The molecule has 1 aliphatic rings. The molecule has 4 rings (SSSR count). The number of benzene rings is 3. The summed E-state index contributed by atoms with van der Waals surface area (Å²) in [5.41, 5.74) is 2.70. The van der Waals surface area contributed by atoms with Gasteiger partial charge in [0.15, 0.2) is 11.5 Å². The second kappa shape index (κ2) is 8.48. The van der Waals surface area contributed by atoms with Crippen LogP contribution in [0, 0.1) is 0 Å². The lowest BCUT2D eigenvalue weighted by atomic mass is 10.1. The average Bonchev–Trinajstić information content (AvgIpc) is 3.21. The standard InChI is InChI=1S/C23H20N2O4/c26-22(13-16-6-2-1-3-7-16)25-19-9-5-4-8-18(19)23(27)24-14-17-10-11-20-21(12-17)29-15-28-20/h1-12H,13-15H2,(H,24,27)(H,25,26). The number of ether oxygens (including phenoxy) is 2. The highest BCUT2D eigenvalue weighted by Gasteiger charge is 2.15. The number of para-hydroxylation sites is 1. The molecule has 1 heterocycles. The van der Waals surface area contributed by atoms with Crippen molar-refractivity contribution in [3.8, 4) is 11.5 Å². The van der Waals surface area contributed by atoms with Crippen molar-refractivity contribution in [2.75, 3.05) is 12.1 Å². The number of nitrogens with one attached hydrogen (secondary N) is 2. The zero-order valence-corrected chi connectivity index (χ0v) is 15.7. The van der Waals surface area contributed by atoms with Gasteiger partial charge >= 0.3 is 0 Å². The van der Waals surface area contributed by atoms with E-state index < -0.39 is 0 Å². The van der Waals surface area contributed by atoms with Gasteiger partial charge in [-0.15, -0.1) is 0 Å². The number of anilines is 1. The number of carbonyl (C=O) groups is 2. The van der Waals surface area contributed by atoms with Crippen molar-refractivity contribution in [3.05, 3.63) is 89.5 Å². The van der Waals surface area contributed by atoms with Gasteiger partial charge in [-0.05, 0) is 35.4 Å². The Morgan fingerprint density at radius 2 is 1.59 bits per heavy atom. The number of rotatable bonds is 6. The van der Waals surface area contributed by atoms with Crippen LogP contribution in [-0.2, 0) is 17.8 Å². The van der Waals surface area contributed by atoms with Crippen LogP contribution in [0.4, 0.5) is 5.69 Å². The molecule has 1 aliphatic heterocycles. The second-order valence-electron chi connectivity index (χ2n) is 6.63. The first-order valence-corrected chi connectivity index (χ1v) is 9.28. The third kappa shape index (κ3) is 4.55. The van der Waals surface area contributed by atoms with Crippen LogP contribution in [-0.4, -0.2) is 18.6 Å². The fraction of sp³-hybridized carbons (Fsp3) is 0.130. The molecular weight excluding hydrogens is 368 g/mol. The molecule has 0 aliphatic carbocycles. The molecule has 0 fully saturated rings. The van der Waals surface area contributed by atoms with E-state index in [0.29, 0.717) is 29.3 Å². The van der Waals surface area contributed by atoms with E-state index in [1.165, 1.54) is 0 Å². The average molecular weight is 388 g/mol. The van der Waals surface area contributed by atoms with E-state index >= 15 is 0 Å². The Kier molecular flexibility index (Phi) is 5.42. The summed E-state index contributed by atoms with van der Waals surface area (Å²) in [6.07, 6.45) is 0.244. The predicted molar refractivity (Wildman–Crippen MR) is 109 cm³/mol. The molecule has 6 nitrogen and oxygen atoms in total. The maximum Gasteiger partial charge on any atom is 0.253 e. The fourth-order valence-electron chi connectivity index (χ4n) is 3.09. The molecule has 0 aromatic heterocycles. The third-order valence-electron chi connectivity index (χ3n) is 4.54. The summed E-state index contributed by atoms with van der Waals surface area (Å²) >= 11 is 0. The molecule has 3 aromatic rings. The third-order valence-corrected chi connectivity index (χ3v) is 4.54. The van der Waals surface area contributed by atoms with Crippen LogP contribution in [0.1, 0.15) is 21.5 Å². The van der Waals surface area contributed by atoms with Crippen LogP contribution >= 0.6 is 0 Å². The fourth-order valence-corrected chi connectivity index (χ4v) is 3.09. The van der Waals surface area contributed by atoms with E-state index in [9.17, 15) is 9.59 Å². The first kappa shape index (κ1) is 18.6. The molecule has 3 aromatic carbocycles. The van der Waals surface area contributed by atoms with E-state index in [1.807, 2.05) is 48.5 Å². The highest BCUT2D eigenvalue weighted by Crippen LogP contribution is 2.32. The van der Waals surface area contributed by atoms with Gasteiger partial charge in [0.1, 0.15) is 0 Å². The molecule has 0 unspecified atom stereocenters. The molecular formula is C23H20N2O4. The topological polar surface area (TPSA) is 76.7 Å². The Hall–Kier alpha value is -3.80. The van der Waals surface area contributed by atoms with E-state index in [-0.39, 0.29) is 25.0 Å². The maximum atomic E-state index is 12.7. The Bertz CT molecular complexity index is 1030. The highest BCUT2D eigenvalue weighted by atomic mass is 16.7. The lowest BCUT2D eigenvalue weighted by Crippen LogP contribution is -2.25. The SMILES string of the molecule is O=C(Cc1ccccc1)Nc1ccccc1C(=O)NCc1ccc2c(c1)OCO2. The largest absolute Gasteiger partial charge is 0.454 e. The normalized spacial score (nSPS) is 11.7. The zero-order chi connectivity index (χ0) is 20.1. The molecule has 29 heavy (non-hydrogen) atoms. The number of amides is 2. The monoisotopic (exact) mass is 388 g/mol. The van der Waals surface area contributed by atoms with E-state index in [1.54, 1.807) is 24.3 Å². The summed E-state index contributed by atoms with van der Waals surface area (Å²) in [5, 5.41) is 5.72. The summed E-state index contributed by atoms with van der Waals surface area (Å²) in [5.74, 6) is 0.933. The second-order valence-corrected chi connectivity index (χ2v) is 6.63. The summed E-state index contributed by atoms with van der Waals surface area (Å²) < 4.78 is 10.7. The molecule has 0 spiro atoms. The van der Waals surface area contributed by atoms with Crippen molar-refractivity contribution in [2.24, 2.45) is 0 Å². The number of hydrogen-bond donors (Lipinski definition) is 2. The van der Waals surface area contributed by atoms with Gasteiger partial charge in [-0.3, -0.25) is 9.59 Å². The van der Waals surface area contributed by atoms with Crippen molar-refractivity contribution in [1.82, 2.24) is 5.32 Å². The van der Waals surface area contributed by atoms with Crippen molar-refractivity contribution in [2.45, 2.75) is 13.0 Å². The molecule has 6 heteroatoms. The summed E-state index contributed by atoms with van der Waals surface area (Å²) in [6.45, 7) is 0.545. The van der Waals surface area contributed by atoms with Crippen LogP contribution in [0.5, 0.6) is 11.5 Å². The minimum Gasteiger partial charge on any atom is -0.454 e. The van der Waals surface area contributed by atoms with Gasteiger partial charge < -0.3 is 20.1 Å². The molecule has 0 bridgehead atoms. The van der Waals surface area contributed by atoms with Gasteiger partial charge in [-0.25, -0.2) is 0 Å². The van der Waals surface area contributed by atoms with E-state index in [0.717, 1.165) is 11.1 Å². The molecule has 2 N–H and O–H groups in total. The Labute approximate surface area is 168 Å². The summed E-state index contributed by atoms with van der Waals surface area (Å²) in [4.78, 5) is 25.1. The Balaban J connectivity index is 1.40. The Morgan fingerprint density at radius 3 is 2.45 bits per heavy atom. The molecule has 146 valence electrons. The first-order chi connectivity index (χ1) is 14.2. The maximum absolute atomic E-state index is 12.7. The molecule has 0 atom stereocenters. The lowest BCUT2D eigenvalue weighted by Gasteiger charge is -2.12. The summed E-state index contributed by atoms with van der Waals surface area (Å²) in [7, 11) is 0. The highest BCUT2D eigenvalue weighted by molar-refractivity contribution is 6.04. The van der Waals surface area contributed by atoms with E-state index in [4.69, 9.17) is 9.47 Å². The van der Waals surface area contributed by atoms with Gasteiger partial charge in [-0.2, -0.15) is 0 Å². The van der Waals surface area contributed by atoms with Gasteiger partial charge in [0, 0.05) is 6.54 Å². The quantitative estimate of drug-likeness (QED) is 0.677. The van der Waals surface area contributed by atoms with Crippen LogP contribution in [0.3, 0.4) is 0 Å². The van der Waals surface area contributed by atoms with Gasteiger partial charge in [0.2, 0.25) is 12.7 Å². The molecule has 0 radical (unpaired) electrons. The van der Waals surface area contributed by atoms with Crippen LogP contribution < -0.4 is 20.1 Å². The van der Waals surface area contributed by atoms with Crippen molar-refractivity contribution in [1.29, 1.82) is 0 Å². The minimum absolute atomic E-state index is 0.174. The smallest absolute Gasteiger partial charge is 0.253 e. The van der Waals surface area contributed by atoms with Crippen LogP contribution in [0.25, 0.3) is 0 Å².